The smallest absolute Gasteiger partial charge is 0.126 e. The molecule has 1 fully saturated rings. The molecule has 100 valence electrons. The van der Waals surface area contributed by atoms with Crippen molar-refractivity contribution in [3.05, 3.63) is 29.6 Å². The van der Waals surface area contributed by atoms with Crippen molar-refractivity contribution in [1.29, 1.82) is 0 Å². The first-order valence-electron chi connectivity index (χ1n) is 6.88. The first-order valence-corrected chi connectivity index (χ1v) is 6.88. The number of halogens is 1. The zero-order chi connectivity index (χ0) is 13.0. The molecule has 18 heavy (non-hydrogen) atoms. The molecule has 0 spiro atoms. The van der Waals surface area contributed by atoms with Crippen LogP contribution in [0.4, 0.5) is 4.39 Å². The van der Waals surface area contributed by atoms with Crippen molar-refractivity contribution in [3.63, 3.8) is 0 Å². The maximum atomic E-state index is 12.9. The lowest BCUT2D eigenvalue weighted by Gasteiger charge is -2.17. The van der Waals surface area contributed by atoms with Crippen LogP contribution < -0.4 is 5.32 Å². The van der Waals surface area contributed by atoms with Gasteiger partial charge in [-0.1, -0.05) is 31.7 Å². The van der Waals surface area contributed by atoms with Crippen molar-refractivity contribution in [2.24, 2.45) is 5.92 Å². The molecule has 1 aliphatic rings. The molecule has 0 aliphatic heterocycles. The second-order valence-electron chi connectivity index (χ2n) is 5.32. The van der Waals surface area contributed by atoms with Crippen LogP contribution in [0.5, 0.6) is 5.75 Å². The Balaban J connectivity index is 1.81. The van der Waals surface area contributed by atoms with Gasteiger partial charge in [0.1, 0.15) is 11.6 Å². The number of hydrogen-bond donors (Lipinski definition) is 2. The number of hydrogen-bond acceptors (Lipinski definition) is 2. The van der Waals surface area contributed by atoms with E-state index in [9.17, 15) is 9.50 Å². The normalized spacial score (nSPS) is 18.1. The molecule has 2 N–H and O–H groups in total. The van der Waals surface area contributed by atoms with Gasteiger partial charge >= 0.3 is 0 Å². The summed E-state index contributed by atoms with van der Waals surface area (Å²) in [5.74, 6) is 0.511. The van der Waals surface area contributed by atoms with Gasteiger partial charge in [-0.25, -0.2) is 4.39 Å². The molecule has 1 aliphatic carbocycles. The zero-order valence-electron chi connectivity index (χ0n) is 11.0. The molecule has 1 aromatic rings. The van der Waals surface area contributed by atoms with Crippen LogP contribution in [-0.4, -0.2) is 11.7 Å². The van der Waals surface area contributed by atoms with Crippen molar-refractivity contribution in [1.82, 2.24) is 5.32 Å². The minimum atomic E-state index is -0.394. The van der Waals surface area contributed by atoms with Crippen LogP contribution in [0.15, 0.2) is 18.2 Å². The fourth-order valence-corrected chi connectivity index (χ4v) is 2.80. The van der Waals surface area contributed by atoms with Crippen molar-refractivity contribution in [2.45, 2.75) is 45.1 Å². The molecule has 1 aromatic carbocycles. The molecule has 0 aromatic heterocycles. The number of phenols is 1. The molecule has 0 amide bonds. The van der Waals surface area contributed by atoms with Gasteiger partial charge in [0.15, 0.2) is 0 Å². The topological polar surface area (TPSA) is 32.3 Å². The summed E-state index contributed by atoms with van der Waals surface area (Å²) in [5, 5.41) is 13.1. The molecule has 0 bridgehead atoms. The van der Waals surface area contributed by atoms with E-state index in [2.05, 4.69) is 5.32 Å². The van der Waals surface area contributed by atoms with E-state index in [1.807, 2.05) is 6.92 Å². The van der Waals surface area contributed by atoms with Gasteiger partial charge in [-0.05, 0) is 31.9 Å². The lowest BCUT2D eigenvalue weighted by molar-refractivity contribution is 0.430. The quantitative estimate of drug-likeness (QED) is 0.835. The average Bonchev–Trinajstić information content (AvgIpc) is 2.81. The van der Waals surface area contributed by atoms with Crippen molar-refractivity contribution in [3.8, 4) is 5.75 Å². The zero-order valence-corrected chi connectivity index (χ0v) is 11.0. The van der Waals surface area contributed by atoms with E-state index < -0.39 is 5.82 Å². The van der Waals surface area contributed by atoms with E-state index in [4.69, 9.17) is 0 Å². The number of benzene rings is 1. The van der Waals surface area contributed by atoms with Crippen LogP contribution in [-0.2, 0) is 0 Å². The molecule has 0 saturated heterocycles. The van der Waals surface area contributed by atoms with Gasteiger partial charge in [0.05, 0.1) is 0 Å². The Morgan fingerprint density at radius 3 is 2.78 bits per heavy atom. The monoisotopic (exact) mass is 251 g/mol. The Bertz CT molecular complexity index is 388. The SMILES string of the molecule is CC(NCCC1CCCC1)c1ccc(F)cc1O. The number of nitrogens with one attached hydrogen (secondary N) is 1. The first kappa shape index (κ1) is 13.3. The van der Waals surface area contributed by atoms with Gasteiger partial charge < -0.3 is 10.4 Å². The molecule has 3 heteroatoms. The van der Waals surface area contributed by atoms with Crippen LogP contribution in [0.3, 0.4) is 0 Å². The van der Waals surface area contributed by atoms with E-state index in [0.29, 0.717) is 0 Å². The Labute approximate surface area is 108 Å². The van der Waals surface area contributed by atoms with Crippen LogP contribution in [0, 0.1) is 11.7 Å². The van der Waals surface area contributed by atoms with E-state index in [-0.39, 0.29) is 11.8 Å². The first-order chi connectivity index (χ1) is 8.66. The third-order valence-electron chi connectivity index (χ3n) is 3.94. The lowest BCUT2D eigenvalue weighted by atomic mass is 10.0. The molecule has 2 nitrogen and oxygen atoms in total. The fraction of sp³-hybridized carbons (Fsp3) is 0.600. The van der Waals surface area contributed by atoms with Gasteiger partial charge in [0.2, 0.25) is 0 Å². The minimum absolute atomic E-state index is 0.0378. The molecule has 2 rings (SSSR count). The molecule has 1 atom stereocenters. The Hall–Kier alpha value is -1.09. The van der Waals surface area contributed by atoms with Crippen molar-refractivity contribution < 1.29 is 9.50 Å². The lowest BCUT2D eigenvalue weighted by Crippen LogP contribution is -2.21. The minimum Gasteiger partial charge on any atom is -0.508 e. The van der Waals surface area contributed by atoms with Crippen LogP contribution >= 0.6 is 0 Å². The van der Waals surface area contributed by atoms with Gasteiger partial charge in [-0.3, -0.25) is 0 Å². The van der Waals surface area contributed by atoms with Gasteiger partial charge in [0.25, 0.3) is 0 Å². The predicted octanol–water partition coefficient (Wildman–Crippen LogP) is 3.76. The summed E-state index contributed by atoms with van der Waals surface area (Å²) < 4.78 is 12.9. The maximum absolute atomic E-state index is 12.9. The Morgan fingerprint density at radius 1 is 1.39 bits per heavy atom. The van der Waals surface area contributed by atoms with E-state index in [1.54, 1.807) is 6.07 Å². The van der Waals surface area contributed by atoms with Gasteiger partial charge in [-0.2, -0.15) is 0 Å². The molecule has 0 radical (unpaired) electrons. The summed E-state index contributed by atoms with van der Waals surface area (Å²) in [7, 11) is 0. The number of rotatable bonds is 5. The summed E-state index contributed by atoms with van der Waals surface area (Å²) in [6.07, 6.45) is 6.67. The summed E-state index contributed by atoms with van der Waals surface area (Å²) in [5.41, 5.74) is 0.767. The van der Waals surface area contributed by atoms with E-state index in [0.717, 1.165) is 18.0 Å². The summed E-state index contributed by atoms with van der Waals surface area (Å²) >= 11 is 0. The Kier molecular flexibility index (Phi) is 4.59. The predicted molar refractivity (Wildman–Crippen MR) is 71.1 cm³/mol. The van der Waals surface area contributed by atoms with Crippen LogP contribution in [0.25, 0.3) is 0 Å². The number of aromatic hydroxyl groups is 1. The summed E-state index contributed by atoms with van der Waals surface area (Å²) in [4.78, 5) is 0. The molecular weight excluding hydrogens is 229 g/mol. The van der Waals surface area contributed by atoms with Crippen molar-refractivity contribution in [2.75, 3.05) is 6.54 Å². The standard InChI is InChI=1S/C15H22FNO/c1-11(14-7-6-13(16)10-15(14)18)17-9-8-12-4-2-3-5-12/h6-7,10-12,17-18H,2-5,8-9H2,1H3. The summed E-state index contributed by atoms with van der Waals surface area (Å²) in [6, 6.07) is 4.28. The third kappa shape index (κ3) is 3.45. The van der Waals surface area contributed by atoms with Gasteiger partial charge in [-0.15, -0.1) is 0 Å². The second-order valence-corrected chi connectivity index (χ2v) is 5.32. The van der Waals surface area contributed by atoms with E-state index in [1.165, 1.54) is 44.2 Å². The molecule has 0 heterocycles. The third-order valence-corrected chi connectivity index (χ3v) is 3.94. The molecule has 1 saturated carbocycles. The molecular formula is C15H22FNO. The number of phenolic OH excluding ortho intramolecular Hbond substituents is 1. The highest BCUT2D eigenvalue weighted by Crippen LogP contribution is 2.28. The maximum Gasteiger partial charge on any atom is 0.126 e. The summed E-state index contributed by atoms with van der Waals surface area (Å²) in [6.45, 7) is 2.96. The Morgan fingerprint density at radius 2 is 2.11 bits per heavy atom. The van der Waals surface area contributed by atoms with Gasteiger partial charge in [0, 0.05) is 17.7 Å². The highest BCUT2D eigenvalue weighted by atomic mass is 19.1. The fourth-order valence-electron chi connectivity index (χ4n) is 2.80. The van der Waals surface area contributed by atoms with E-state index >= 15 is 0 Å². The molecule has 1 unspecified atom stereocenters. The second kappa shape index (κ2) is 6.19. The van der Waals surface area contributed by atoms with Crippen LogP contribution in [0.2, 0.25) is 0 Å². The highest BCUT2D eigenvalue weighted by Gasteiger charge is 2.15. The average molecular weight is 251 g/mol. The highest BCUT2D eigenvalue weighted by molar-refractivity contribution is 5.34. The van der Waals surface area contributed by atoms with Crippen molar-refractivity contribution >= 4 is 0 Å². The largest absolute Gasteiger partial charge is 0.508 e. The van der Waals surface area contributed by atoms with Crippen LogP contribution in [0.1, 0.15) is 50.6 Å².